The van der Waals surface area contributed by atoms with Gasteiger partial charge >= 0.3 is 0 Å². The van der Waals surface area contributed by atoms with Gasteiger partial charge in [-0.2, -0.15) is 16.9 Å². The van der Waals surface area contributed by atoms with Crippen LogP contribution >= 0.6 is 39.3 Å². The highest BCUT2D eigenvalue weighted by Crippen LogP contribution is 2.31. The third kappa shape index (κ3) is 4.12. The van der Waals surface area contributed by atoms with E-state index in [0.717, 1.165) is 11.5 Å². The van der Waals surface area contributed by atoms with E-state index in [1.807, 2.05) is 0 Å². The molecule has 0 aromatic carbocycles. The molecule has 4 aromatic heterocycles. The molecule has 13 heteroatoms. The Bertz CT molecular complexity index is 1420. The van der Waals surface area contributed by atoms with Crippen molar-refractivity contribution < 1.29 is 14.3 Å². The van der Waals surface area contributed by atoms with Crippen molar-refractivity contribution in [2.45, 2.75) is 6.04 Å². The van der Waals surface area contributed by atoms with Gasteiger partial charge in [-0.25, -0.2) is 14.2 Å². The molecule has 2 N–H and O–H groups in total. The molecule has 0 saturated carbocycles. The molecule has 5 rings (SSSR count). The van der Waals surface area contributed by atoms with Gasteiger partial charge in [0.05, 0.1) is 29.5 Å². The molecule has 4 aromatic rings. The third-order valence-corrected chi connectivity index (χ3v) is 7.33. The zero-order chi connectivity index (χ0) is 23.8. The monoisotopic (exact) mass is 561 g/mol. The molecule has 0 atom stereocenters. The Morgan fingerprint density at radius 3 is 2.76 bits per heavy atom. The molecule has 10 nitrogen and oxygen atoms in total. The minimum atomic E-state index is -0.544. The molecule has 0 aliphatic carbocycles. The van der Waals surface area contributed by atoms with Gasteiger partial charge in [-0.1, -0.05) is 11.6 Å². The van der Waals surface area contributed by atoms with Crippen LogP contribution in [0.15, 0.2) is 47.2 Å². The Kier molecular flexibility index (Phi) is 6.19. The molecule has 174 valence electrons. The first-order valence-electron chi connectivity index (χ1n) is 10.1. The van der Waals surface area contributed by atoms with Crippen molar-refractivity contribution in [3.8, 4) is 11.7 Å². The number of nitrogens with one attached hydrogen (secondary N) is 2. The first-order valence-corrected chi connectivity index (χ1v) is 12.4. The Morgan fingerprint density at radius 1 is 1.24 bits per heavy atom. The van der Waals surface area contributed by atoms with Gasteiger partial charge in [-0.05, 0) is 40.2 Å². The number of anilines is 1. The van der Waals surface area contributed by atoms with E-state index in [1.165, 1.54) is 22.4 Å². The quantitative estimate of drug-likeness (QED) is 0.370. The van der Waals surface area contributed by atoms with E-state index < -0.39 is 5.91 Å². The normalized spacial score (nSPS) is 13.5. The molecule has 0 spiro atoms. The summed E-state index contributed by atoms with van der Waals surface area (Å²) in [7, 11) is 1.44. The second-order valence-corrected chi connectivity index (χ2v) is 9.67. The lowest BCUT2D eigenvalue weighted by Crippen LogP contribution is -2.44. The van der Waals surface area contributed by atoms with E-state index in [0.29, 0.717) is 15.0 Å². The largest absolute Gasteiger partial charge is 0.480 e. The standard InChI is InChI=1S/C21H17BrClN7O3S/c1-33-16-8-15(30(28-16)19-14(23)3-2-5-24-19)20(31)27-17-13(22)7-12-4-6-25-29(12)18(17)21(32)26-11-9-34-10-11/h2-8,11H,9-10H2,1H3,(H,26,32)(H,27,31). The van der Waals surface area contributed by atoms with Crippen molar-refractivity contribution in [1.82, 2.24) is 29.7 Å². The van der Waals surface area contributed by atoms with Crippen molar-refractivity contribution in [1.29, 1.82) is 0 Å². The minimum absolute atomic E-state index is 0.0719. The maximum Gasteiger partial charge on any atom is 0.274 e. The third-order valence-electron chi connectivity index (χ3n) is 5.13. The van der Waals surface area contributed by atoms with Crippen molar-refractivity contribution in [2.24, 2.45) is 0 Å². The van der Waals surface area contributed by atoms with Gasteiger partial charge in [0.1, 0.15) is 5.69 Å². The molecule has 5 heterocycles. The van der Waals surface area contributed by atoms with Crippen LogP contribution in [0.1, 0.15) is 21.0 Å². The molecule has 0 radical (unpaired) electrons. The maximum atomic E-state index is 13.5. The number of hydrogen-bond acceptors (Lipinski definition) is 7. The van der Waals surface area contributed by atoms with Crippen LogP contribution in [0.2, 0.25) is 5.02 Å². The van der Waals surface area contributed by atoms with E-state index in [-0.39, 0.29) is 40.7 Å². The number of carbonyl (C=O) groups excluding carboxylic acids is 2. The molecular weight excluding hydrogens is 546 g/mol. The van der Waals surface area contributed by atoms with Crippen LogP contribution in [0.4, 0.5) is 5.69 Å². The van der Waals surface area contributed by atoms with Gasteiger partial charge in [0.25, 0.3) is 11.8 Å². The van der Waals surface area contributed by atoms with Crippen LogP contribution in [0, 0.1) is 0 Å². The van der Waals surface area contributed by atoms with Gasteiger partial charge in [-0.3, -0.25) is 9.59 Å². The highest BCUT2D eigenvalue weighted by Gasteiger charge is 2.28. The van der Waals surface area contributed by atoms with Crippen molar-refractivity contribution in [3.63, 3.8) is 0 Å². The van der Waals surface area contributed by atoms with Gasteiger partial charge in [0, 0.05) is 34.3 Å². The minimum Gasteiger partial charge on any atom is -0.480 e. The number of pyridine rings is 2. The summed E-state index contributed by atoms with van der Waals surface area (Å²) in [5.41, 5.74) is 1.29. The number of aromatic nitrogens is 5. The fourth-order valence-electron chi connectivity index (χ4n) is 3.43. The van der Waals surface area contributed by atoms with Gasteiger partial charge in [0.15, 0.2) is 11.5 Å². The number of fused-ring (bicyclic) bond motifs is 1. The number of hydrogen-bond donors (Lipinski definition) is 2. The van der Waals surface area contributed by atoms with E-state index in [4.69, 9.17) is 16.3 Å². The summed E-state index contributed by atoms with van der Waals surface area (Å²) >= 11 is 11.5. The second kappa shape index (κ2) is 9.28. The molecule has 1 aliphatic rings. The summed E-state index contributed by atoms with van der Waals surface area (Å²) in [6.45, 7) is 0. The molecule has 1 aliphatic heterocycles. The SMILES string of the molecule is COc1cc(C(=O)Nc2c(Br)cc3ccnn3c2C(=O)NC2CSC2)n(-c2ncccc2Cl)n1. The highest BCUT2D eigenvalue weighted by atomic mass is 79.9. The predicted octanol–water partition coefficient (Wildman–Crippen LogP) is 3.44. The Hall–Kier alpha value is -3.09. The molecule has 0 unspecified atom stereocenters. The van der Waals surface area contributed by atoms with Gasteiger partial charge in [0.2, 0.25) is 5.88 Å². The first-order chi connectivity index (χ1) is 16.5. The van der Waals surface area contributed by atoms with Crippen molar-refractivity contribution in [2.75, 3.05) is 23.9 Å². The topological polar surface area (TPSA) is 115 Å². The average molecular weight is 563 g/mol. The molecular formula is C21H17BrClN7O3S. The lowest BCUT2D eigenvalue weighted by Gasteiger charge is -2.26. The lowest BCUT2D eigenvalue weighted by atomic mass is 10.2. The summed E-state index contributed by atoms with van der Waals surface area (Å²) in [6.07, 6.45) is 3.13. The van der Waals surface area contributed by atoms with E-state index in [9.17, 15) is 9.59 Å². The van der Waals surface area contributed by atoms with Crippen LogP contribution in [0.3, 0.4) is 0 Å². The number of thioether (sulfide) groups is 1. The summed E-state index contributed by atoms with van der Waals surface area (Å²) in [4.78, 5) is 30.9. The molecule has 1 saturated heterocycles. The van der Waals surface area contributed by atoms with E-state index >= 15 is 0 Å². The van der Waals surface area contributed by atoms with Crippen LogP contribution in [0.5, 0.6) is 5.88 Å². The molecule has 1 fully saturated rings. The van der Waals surface area contributed by atoms with Crippen molar-refractivity contribution in [3.05, 3.63) is 63.6 Å². The summed E-state index contributed by atoms with van der Waals surface area (Å²) in [5, 5.41) is 14.7. The Balaban J connectivity index is 1.56. The number of nitrogens with zero attached hydrogens (tertiary/aromatic N) is 5. The summed E-state index contributed by atoms with van der Waals surface area (Å²) in [5.74, 6) is 1.27. The average Bonchev–Trinajstić information content (AvgIpc) is 3.43. The fourth-order valence-corrected chi connectivity index (χ4v) is 4.79. The molecule has 0 bridgehead atoms. The highest BCUT2D eigenvalue weighted by molar-refractivity contribution is 9.10. The fraction of sp³-hybridized carbons (Fsp3) is 0.190. The predicted molar refractivity (Wildman–Crippen MR) is 132 cm³/mol. The molecule has 34 heavy (non-hydrogen) atoms. The van der Waals surface area contributed by atoms with E-state index in [1.54, 1.807) is 48.4 Å². The number of ether oxygens (including phenoxy) is 1. The van der Waals surface area contributed by atoms with Crippen LogP contribution < -0.4 is 15.4 Å². The number of halogens is 2. The Labute approximate surface area is 211 Å². The zero-order valence-corrected chi connectivity index (χ0v) is 20.8. The van der Waals surface area contributed by atoms with Crippen LogP contribution in [-0.4, -0.2) is 60.9 Å². The number of amides is 2. The van der Waals surface area contributed by atoms with Gasteiger partial charge < -0.3 is 15.4 Å². The number of rotatable bonds is 6. The first kappa shape index (κ1) is 22.7. The summed E-state index contributed by atoms with van der Waals surface area (Å²) < 4.78 is 8.53. The summed E-state index contributed by atoms with van der Waals surface area (Å²) in [6, 6.07) is 8.40. The van der Waals surface area contributed by atoms with Crippen molar-refractivity contribution >= 4 is 62.3 Å². The number of carbonyl (C=O) groups is 2. The van der Waals surface area contributed by atoms with E-state index in [2.05, 4.69) is 41.7 Å². The molecule has 2 amide bonds. The number of methoxy groups -OCH3 is 1. The lowest BCUT2D eigenvalue weighted by molar-refractivity contribution is 0.0936. The van der Waals surface area contributed by atoms with Crippen LogP contribution in [-0.2, 0) is 0 Å². The maximum absolute atomic E-state index is 13.5. The Morgan fingerprint density at radius 2 is 2.06 bits per heavy atom. The second-order valence-electron chi connectivity index (χ2n) is 7.34. The zero-order valence-electron chi connectivity index (χ0n) is 17.7. The van der Waals surface area contributed by atoms with Crippen LogP contribution in [0.25, 0.3) is 11.3 Å². The van der Waals surface area contributed by atoms with Gasteiger partial charge in [-0.15, -0.1) is 5.10 Å². The smallest absolute Gasteiger partial charge is 0.274 e.